The molecule has 0 bridgehead atoms. The van der Waals surface area contributed by atoms with Crippen LogP contribution in [0.25, 0.3) is 55.6 Å². The molecule has 0 unspecified atom stereocenters. The Balaban J connectivity index is 0.000000241. The number of furan rings is 1. The molecule has 0 fully saturated rings. The van der Waals surface area contributed by atoms with Crippen molar-refractivity contribution < 1.29 is 24.5 Å². The Labute approximate surface area is 314 Å². The van der Waals surface area contributed by atoms with Gasteiger partial charge >= 0.3 is 99.8 Å². The molecule has 0 saturated heterocycles. The van der Waals surface area contributed by atoms with Gasteiger partial charge in [0, 0.05) is 37.3 Å². The first kappa shape index (κ1) is 37.4. The van der Waals surface area contributed by atoms with E-state index in [-0.39, 0.29) is 25.5 Å². The van der Waals surface area contributed by atoms with Gasteiger partial charge in [0.2, 0.25) is 0 Å². The summed E-state index contributed by atoms with van der Waals surface area (Å²) in [6, 6.07) is 42.3. The standard InChI is InChI=1S/C31H30NO.C14H16GeN.Ir/c1-20(2)29-24(22-9-7-6-8-10-22)12-13-25-26-18-23(11-14-28(26)33-30(25)29)27-17-21(15-16-32-27)19-31(3,4)5;1-15(2,3)13-9-10-14(16-11-13)12-7-5-4-6-8-12;/h6-10,12-18,20H,19H2,1-5H3;4-7,9-11H,1-3H3;/q2*-1;. The summed E-state index contributed by atoms with van der Waals surface area (Å²) in [5.41, 5.74) is 11.1. The Bertz CT molecular complexity index is 2180. The Kier molecular flexibility index (Phi) is 11.7. The zero-order valence-electron chi connectivity index (χ0n) is 30.4. The molecule has 0 saturated carbocycles. The van der Waals surface area contributed by atoms with Gasteiger partial charge in [-0.2, -0.15) is 0 Å². The molecule has 0 aliphatic carbocycles. The molecule has 3 nitrogen and oxygen atoms in total. The molecule has 0 N–H and O–H groups in total. The van der Waals surface area contributed by atoms with E-state index in [1.165, 1.54) is 26.6 Å². The minimum absolute atomic E-state index is 0. The van der Waals surface area contributed by atoms with Crippen LogP contribution in [0.15, 0.2) is 120 Å². The summed E-state index contributed by atoms with van der Waals surface area (Å²) in [5, 5.41) is 2.26. The van der Waals surface area contributed by atoms with E-state index in [1.54, 1.807) is 0 Å². The molecule has 3 heterocycles. The Morgan fingerprint density at radius 3 is 2.16 bits per heavy atom. The number of aromatic nitrogens is 2. The summed E-state index contributed by atoms with van der Waals surface area (Å²) >= 11 is -1.72. The van der Waals surface area contributed by atoms with Gasteiger partial charge in [-0.3, -0.25) is 0 Å². The van der Waals surface area contributed by atoms with E-state index < -0.39 is 13.3 Å². The van der Waals surface area contributed by atoms with Crippen molar-refractivity contribution in [3.63, 3.8) is 0 Å². The zero-order chi connectivity index (χ0) is 34.8. The van der Waals surface area contributed by atoms with E-state index in [0.29, 0.717) is 5.92 Å². The Morgan fingerprint density at radius 2 is 1.52 bits per heavy atom. The van der Waals surface area contributed by atoms with Crippen LogP contribution in [0.5, 0.6) is 0 Å². The van der Waals surface area contributed by atoms with Crippen LogP contribution >= 0.6 is 0 Å². The molecule has 7 rings (SSSR count). The molecule has 0 amide bonds. The second-order valence-corrected chi connectivity index (χ2v) is 26.0. The summed E-state index contributed by atoms with van der Waals surface area (Å²) in [4.78, 5) is 9.18. The van der Waals surface area contributed by atoms with Gasteiger partial charge in [0.15, 0.2) is 0 Å². The number of benzene rings is 4. The maximum absolute atomic E-state index is 6.44. The van der Waals surface area contributed by atoms with Crippen molar-refractivity contribution in [2.24, 2.45) is 5.41 Å². The summed E-state index contributed by atoms with van der Waals surface area (Å²) < 4.78 is 7.88. The van der Waals surface area contributed by atoms with Crippen LogP contribution in [-0.2, 0) is 26.5 Å². The van der Waals surface area contributed by atoms with Crippen LogP contribution in [0.4, 0.5) is 0 Å². The molecule has 257 valence electrons. The number of rotatable bonds is 6. The van der Waals surface area contributed by atoms with Gasteiger partial charge in [-0.1, -0.05) is 94.1 Å². The predicted octanol–water partition coefficient (Wildman–Crippen LogP) is 11.9. The molecule has 1 radical (unpaired) electrons. The van der Waals surface area contributed by atoms with Gasteiger partial charge < -0.3 is 9.40 Å². The molecule has 0 aliphatic heterocycles. The molecule has 0 aliphatic rings. The molecular formula is C45H46GeIrN2O-2. The average molecular weight is 896 g/mol. The second kappa shape index (κ2) is 15.6. The third-order valence-electron chi connectivity index (χ3n) is 8.72. The Hall–Kier alpha value is -3.83. The molecule has 5 heteroatoms. The van der Waals surface area contributed by atoms with E-state index in [0.717, 1.165) is 50.9 Å². The topological polar surface area (TPSA) is 38.9 Å². The number of hydrogen-bond acceptors (Lipinski definition) is 3. The van der Waals surface area contributed by atoms with Gasteiger partial charge in [-0.25, -0.2) is 0 Å². The van der Waals surface area contributed by atoms with Crippen LogP contribution in [0.2, 0.25) is 17.3 Å². The number of fused-ring (bicyclic) bond motifs is 3. The summed E-state index contributed by atoms with van der Waals surface area (Å²) in [6.45, 7) is 11.3. The van der Waals surface area contributed by atoms with Crippen molar-refractivity contribution in [3.8, 4) is 33.6 Å². The number of nitrogens with zero attached hydrogens (tertiary/aromatic N) is 2. The Morgan fingerprint density at radius 1 is 0.760 bits per heavy atom. The van der Waals surface area contributed by atoms with E-state index in [2.05, 4.69) is 147 Å². The van der Waals surface area contributed by atoms with Gasteiger partial charge in [-0.05, 0) is 40.6 Å². The van der Waals surface area contributed by atoms with E-state index in [9.17, 15) is 0 Å². The van der Waals surface area contributed by atoms with Gasteiger partial charge in [0.1, 0.15) is 5.58 Å². The zero-order valence-corrected chi connectivity index (χ0v) is 34.9. The van der Waals surface area contributed by atoms with Gasteiger partial charge in [-0.15, -0.1) is 23.8 Å². The van der Waals surface area contributed by atoms with Crippen molar-refractivity contribution in [1.82, 2.24) is 9.97 Å². The second-order valence-electron chi connectivity index (χ2n) is 15.4. The third-order valence-corrected chi connectivity index (χ3v) is 13.0. The minimum Gasteiger partial charge on any atom is 0 e. The summed E-state index contributed by atoms with van der Waals surface area (Å²) in [6.07, 6.45) is 4.96. The van der Waals surface area contributed by atoms with Crippen LogP contribution in [-0.4, -0.2) is 23.2 Å². The molecule has 7 aromatic rings. The van der Waals surface area contributed by atoms with Crippen LogP contribution in [0, 0.1) is 17.5 Å². The fourth-order valence-corrected chi connectivity index (χ4v) is 8.46. The van der Waals surface area contributed by atoms with Crippen molar-refractivity contribution >= 4 is 39.6 Å². The molecule has 3 aromatic heterocycles. The van der Waals surface area contributed by atoms with E-state index in [4.69, 9.17) is 4.42 Å². The molecule has 0 spiro atoms. The van der Waals surface area contributed by atoms with Crippen molar-refractivity contribution in [2.45, 2.75) is 64.2 Å². The van der Waals surface area contributed by atoms with Gasteiger partial charge in [0.25, 0.3) is 0 Å². The number of pyridine rings is 2. The quantitative estimate of drug-likeness (QED) is 0.123. The fourth-order valence-electron chi connectivity index (χ4n) is 6.29. The van der Waals surface area contributed by atoms with Crippen molar-refractivity contribution in [3.05, 3.63) is 139 Å². The fraction of sp³-hybridized carbons (Fsp3) is 0.244. The largest absolute Gasteiger partial charge is 0 e. The van der Waals surface area contributed by atoms with Crippen molar-refractivity contribution in [2.75, 3.05) is 0 Å². The smallest absolute Gasteiger partial charge is 0 e. The first-order valence-corrected chi connectivity index (χ1v) is 24.6. The molecule has 50 heavy (non-hydrogen) atoms. The van der Waals surface area contributed by atoms with Gasteiger partial charge in [0.05, 0.1) is 5.58 Å². The van der Waals surface area contributed by atoms with E-state index >= 15 is 0 Å². The van der Waals surface area contributed by atoms with Crippen molar-refractivity contribution in [1.29, 1.82) is 0 Å². The van der Waals surface area contributed by atoms with E-state index in [1.807, 2.05) is 42.7 Å². The predicted molar refractivity (Wildman–Crippen MR) is 210 cm³/mol. The molecule has 0 atom stereocenters. The van der Waals surface area contributed by atoms with Crippen LogP contribution in [0.1, 0.15) is 51.7 Å². The third kappa shape index (κ3) is 8.72. The number of hydrogen-bond donors (Lipinski definition) is 0. The molecule has 4 aromatic carbocycles. The SMILES string of the molecule is CC(C)c1c(-c2ccccc2)ccc2c1oc1c[c-]c(-c3cc(CC(C)(C)C)ccn3)cc12.[CH3][Ge]([CH3])([CH3])[c]1ccc(-c2[c-]cccc2)nc1.[Ir]. The average Bonchev–Trinajstić information content (AvgIpc) is 3.46. The maximum Gasteiger partial charge on any atom is 0 e. The van der Waals surface area contributed by atoms with Crippen LogP contribution in [0.3, 0.4) is 0 Å². The monoisotopic (exact) mass is 897 g/mol. The summed E-state index contributed by atoms with van der Waals surface area (Å²) in [7, 11) is 0. The molecular weight excluding hydrogens is 849 g/mol. The minimum atomic E-state index is -1.72. The van der Waals surface area contributed by atoms with Crippen LogP contribution < -0.4 is 4.40 Å². The summed E-state index contributed by atoms with van der Waals surface area (Å²) in [5.74, 6) is 7.48. The normalized spacial score (nSPS) is 11.7. The first-order chi connectivity index (χ1) is 23.4. The first-order valence-electron chi connectivity index (χ1n) is 17.2. The maximum atomic E-state index is 6.44.